The first-order valence-corrected chi connectivity index (χ1v) is 12.4. The van der Waals surface area contributed by atoms with Crippen LogP contribution >= 0.6 is 0 Å². The van der Waals surface area contributed by atoms with Gasteiger partial charge in [-0.25, -0.2) is 9.78 Å². The van der Waals surface area contributed by atoms with Crippen LogP contribution in [0.3, 0.4) is 0 Å². The maximum Gasteiger partial charge on any atom is 0.338 e. The number of methoxy groups -OCH3 is 1. The molecular formula is C29H31N5O4. The van der Waals surface area contributed by atoms with Crippen molar-refractivity contribution in [2.24, 2.45) is 0 Å². The Kier molecular flexibility index (Phi) is 8.06. The number of rotatable bonds is 10. The highest BCUT2D eigenvalue weighted by Gasteiger charge is 2.16. The summed E-state index contributed by atoms with van der Waals surface area (Å²) < 4.78 is 7.14. The Balaban J connectivity index is 1.71. The lowest BCUT2D eigenvalue weighted by atomic mass is 9.98. The Labute approximate surface area is 221 Å². The van der Waals surface area contributed by atoms with Crippen molar-refractivity contribution in [1.29, 1.82) is 0 Å². The molecule has 0 aliphatic heterocycles. The Morgan fingerprint density at radius 3 is 2.55 bits per heavy atom. The van der Waals surface area contributed by atoms with E-state index in [1.54, 1.807) is 13.1 Å². The first-order chi connectivity index (χ1) is 18.3. The van der Waals surface area contributed by atoms with Crippen LogP contribution < -0.4 is 10.6 Å². The lowest BCUT2D eigenvalue weighted by Gasteiger charge is -2.13. The van der Waals surface area contributed by atoms with Crippen molar-refractivity contribution in [3.63, 3.8) is 0 Å². The van der Waals surface area contributed by atoms with E-state index in [0.717, 1.165) is 63.8 Å². The molecule has 1 aromatic heterocycles. The first kappa shape index (κ1) is 26.4. The molecule has 0 fully saturated rings. The van der Waals surface area contributed by atoms with Crippen LogP contribution in [0.25, 0.3) is 22.2 Å². The number of aromatic nitrogens is 2. The van der Waals surface area contributed by atoms with Gasteiger partial charge in [0.05, 0.1) is 28.6 Å². The standard InChI is InChI=1S/C29H31N5O4/c1-5-8-27-32-28-19(2)15-22(31-26(30-3)18-34(36)37)16-25(28)33(27)17-20-11-13-21(14-12-20)23-9-6-7-10-24(23)29(35)38-4/h6-7,9-16,18,30-31H,5,8,17H2,1-4H3. The van der Waals surface area contributed by atoms with E-state index in [4.69, 9.17) is 9.72 Å². The second kappa shape index (κ2) is 11.6. The van der Waals surface area contributed by atoms with Gasteiger partial charge in [0.2, 0.25) is 0 Å². The molecule has 0 atom stereocenters. The summed E-state index contributed by atoms with van der Waals surface area (Å²) in [6.45, 7) is 4.72. The van der Waals surface area contributed by atoms with Crippen LogP contribution in [0.1, 0.15) is 40.7 Å². The molecule has 0 saturated carbocycles. The quantitative estimate of drug-likeness (QED) is 0.163. The molecule has 38 heavy (non-hydrogen) atoms. The number of aryl methyl sites for hydroxylation is 2. The molecule has 0 unspecified atom stereocenters. The van der Waals surface area contributed by atoms with E-state index in [-0.39, 0.29) is 11.8 Å². The van der Waals surface area contributed by atoms with E-state index in [9.17, 15) is 14.9 Å². The zero-order valence-electron chi connectivity index (χ0n) is 21.9. The Hall–Kier alpha value is -4.66. The molecule has 9 nitrogen and oxygen atoms in total. The van der Waals surface area contributed by atoms with Gasteiger partial charge in [-0.15, -0.1) is 0 Å². The molecule has 0 amide bonds. The molecule has 196 valence electrons. The average Bonchev–Trinajstić information content (AvgIpc) is 3.25. The minimum absolute atomic E-state index is 0.288. The highest BCUT2D eigenvalue weighted by atomic mass is 16.6. The van der Waals surface area contributed by atoms with E-state index in [1.807, 2.05) is 49.4 Å². The van der Waals surface area contributed by atoms with E-state index < -0.39 is 4.92 Å². The molecule has 3 aromatic carbocycles. The molecule has 4 aromatic rings. The van der Waals surface area contributed by atoms with Gasteiger partial charge in [-0.2, -0.15) is 0 Å². The van der Waals surface area contributed by atoms with Gasteiger partial charge in [-0.3, -0.25) is 10.1 Å². The summed E-state index contributed by atoms with van der Waals surface area (Å²) in [6.07, 6.45) is 2.68. The maximum atomic E-state index is 12.2. The fourth-order valence-electron chi connectivity index (χ4n) is 4.52. The number of imidazole rings is 1. The second-order valence-corrected chi connectivity index (χ2v) is 8.96. The zero-order chi connectivity index (χ0) is 27.2. The largest absolute Gasteiger partial charge is 0.465 e. The third-order valence-corrected chi connectivity index (χ3v) is 6.32. The predicted octanol–water partition coefficient (Wildman–Crippen LogP) is 5.51. The molecule has 0 saturated heterocycles. The van der Waals surface area contributed by atoms with Gasteiger partial charge < -0.3 is 19.9 Å². The van der Waals surface area contributed by atoms with Crippen molar-refractivity contribution < 1.29 is 14.5 Å². The zero-order valence-corrected chi connectivity index (χ0v) is 21.9. The van der Waals surface area contributed by atoms with Crippen molar-refractivity contribution >= 4 is 22.7 Å². The summed E-state index contributed by atoms with van der Waals surface area (Å²) in [7, 11) is 3.01. The normalized spacial score (nSPS) is 11.4. The molecule has 0 aliphatic carbocycles. The predicted molar refractivity (Wildman–Crippen MR) is 149 cm³/mol. The van der Waals surface area contributed by atoms with Crippen LogP contribution in [-0.4, -0.2) is 34.6 Å². The molecule has 4 rings (SSSR count). The topological polar surface area (TPSA) is 111 Å². The van der Waals surface area contributed by atoms with Crippen LogP contribution in [0.2, 0.25) is 0 Å². The van der Waals surface area contributed by atoms with E-state index >= 15 is 0 Å². The van der Waals surface area contributed by atoms with E-state index in [1.165, 1.54) is 7.11 Å². The molecular weight excluding hydrogens is 482 g/mol. The minimum atomic E-state index is -0.499. The Morgan fingerprint density at radius 2 is 1.89 bits per heavy atom. The summed E-state index contributed by atoms with van der Waals surface area (Å²) in [4.78, 5) is 27.6. The van der Waals surface area contributed by atoms with Crippen molar-refractivity contribution in [3.8, 4) is 11.1 Å². The summed E-state index contributed by atoms with van der Waals surface area (Å²) in [5.41, 5.74) is 6.93. The minimum Gasteiger partial charge on any atom is -0.465 e. The number of hydrogen-bond acceptors (Lipinski definition) is 7. The van der Waals surface area contributed by atoms with Gasteiger partial charge in [0.15, 0.2) is 5.82 Å². The van der Waals surface area contributed by atoms with Gasteiger partial charge in [0.1, 0.15) is 5.82 Å². The molecule has 0 radical (unpaired) electrons. The van der Waals surface area contributed by atoms with Crippen molar-refractivity contribution in [2.75, 3.05) is 19.5 Å². The number of benzene rings is 3. The third kappa shape index (κ3) is 5.67. The van der Waals surface area contributed by atoms with Crippen molar-refractivity contribution in [3.05, 3.63) is 105 Å². The monoisotopic (exact) mass is 513 g/mol. The lowest BCUT2D eigenvalue weighted by molar-refractivity contribution is -0.403. The van der Waals surface area contributed by atoms with Gasteiger partial charge in [0, 0.05) is 25.7 Å². The lowest BCUT2D eigenvalue weighted by Crippen LogP contribution is -2.16. The number of nitro groups is 1. The molecule has 9 heteroatoms. The molecule has 2 N–H and O–H groups in total. The molecule has 1 heterocycles. The highest BCUT2D eigenvalue weighted by Crippen LogP contribution is 2.28. The van der Waals surface area contributed by atoms with Gasteiger partial charge in [-0.1, -0.05) is 49.4 Å². The number of anilines is 1. The number of ether oxygens (including phenoxy) is 1. The number of nitrogens with one attached hydrogen (secondary N) is 2. The summed E-state index contributed by atoms with van der Waals surface area (Å²) in [5, 5.41) is 16.9. The Bertz CT molecular complexity index is 1510. The number of fused-ring (bicyclic) bond motifs is 1. The summed E-state index contributed by atoms with van der Waals surface area (Å²) in [6, 6.07) is 19.4. The Morgan fingerprint density at radius 1 is 1.16 bits per heavy atom. The van der Waals surface area contributed by atoms with Crippen LogP contribution in [0, 0.1) is 17.0 Å². The van der Waals surface area contributed by atoms with Crippen LogP contribution in [0.4, 0.5) is 5.69 Å². The fourth-order valence-corrected chi connectivity index (χ4v) is 4.52. The maximum absolute atomic E-state index is 12.2. The summed E-state index contributed by atoms with van der Waals surface area (Å²) >= 11 is 0. The van der Waals surface area contributed by atoms with Crippen LogP contribution in [0.5, 0.6) is 0 Å². The molecule has 0 aliphatic rings. The van der Waals surface area contributed by atoms with E-state index in [2.05, 4.69) is 34.3 Å². The van der Waals surface area contributed by atoms with Gasteiger partial charge in [0.25, 0.3) is 6.20 Å². The second-order valence-electron chi connectivity index (χ2n) is 8.96. The molecule has 0 spiro atoms. The van der Waals surface area contributed by atoms with Gasteiger partial charge in [-0.05, 0) is 53.8 Å². The first-order valence-electron chi connectivity index (χ1n) is 12.4. The van der Waals surface area contributed by atoms with Crippen molar-refractivity contribution in [1.82, 2.24) is 14.9 Å². The average molecular weight is 514 g/mol. The fraction of sp³-hybridized carbons (Fsp3) is 0.241. The van der Waals surface area contributed by atoms with Gasteiger partial charge >= 0.3 is 5.97 Å². The number of nitrogens with zero attached hydrogens (tertiary/aromatic N) is 3. The summed E-state index contributed by atoms with van der Waals surface area (Å²) in [5.74, 6) is 0.905. The number of esters is 1. The smallest absolute Gasteiger partial charge is 0.338 e. The van der Waals surface area contributed by atoms with Crippen molar-refractivity contribution in [2.45, 2.75) is 33.2 Å². The number of carbonyl (C=O) groups excluding carboxylic acids is 1. The van der Waals surface area contributed by atoms with Crippen LogP contribution in [-0.2, 0) is 17.7 Å². The van der Waals surface area contributed by atoms with E-state index in [0.29, 0.717) is 12.1 Å². The van der Waals surface area contributed by atoms with Crippen LogP contribution in [0.15, 0.2) is 72.7 Å². The SMILES string of the molecule is CCCc1nc2c(C)cc(NC(=C[N+](=O)[O-])NC)cc2n1Cc1ccc(-c2ccccc2C(=O)OC)cc1. The number of hydrogen-bond donors (Lipinski definition) is 2. The third-order valence-electron chi connectivity index (χ3n) is 6.32. The highest BCUT2D eigenvalue weighted by molar-refractivity contribution is 5.97. The molecule has 0 bridgehead atoms. The number of carbonyl (C=O) groups is 1.